The van der Waals surface area contributed by atoms with Crippen LogP contribution in [0.25, 0.3) is 22.3 Å². The number of nitrogens with zero attached hydrogens (tertiary/aromatic N) is 3. The molecule has 4 aromatic rings. The van der Waals surface area contributed by atoms with E-state index in [4.69, 9.17) is 0 Å². The minimum absolute atomic E-state index is 0.0700. The van der Waals surface area contributed by atoms with Crippen LogP contribution in [0.5, 0.6) is 0 Å². The quantitative estimate of drug-likeness (QED) is 0.271. The molecule has 2 aromatic heterocycles. The summed E-state index contributed by atoms with van der Waals surface area (Å²) in [4.78, 5) is 20.8. The fraction of sp³-hybridized carbons (Fsp3) is 0.345. The number of aryl methyl sites for hydroxylation is 2. The summed E-state index contributed by atoms with van der Waals surface area (Å²) in [6.45, 7) is 6.20. The van der Waals surface area contributed by atoms with Crippen LogP contribution in [0, 0.1) is 19.8 Å². The van der Waals surface area contributed by atoms with Gasteiger partial charge in [0.1, 0.15) is 5.52 Å². The van der Waals surface area contributed by atoms with E-state index >= 15 is 0 Å². The number of aromatic carboxylic acids is 1. The van der Waals surface area contributed by atoms with Crippen molar-refractivity contribution in [1.82, 2.24) is 14.5 Å². The summed E-state index contributed by atoms with van der Waals surface area (Å²) in [6.07, 6.45) is -1.07. The maximum Gasteiger partial charge on any atom is 0.416 e. The van der Waals surface area contributed by atoms with Crippen LogP contribution in [0.15, 0.2) is 48.5 Å². The predicted molar refractivity (Wildman–Crippen MR) is 140 cm³/mol. The number of benzene rings is 2. The highest BCUT2D eigenvalue weighted by atomic mass is 19.4. The molecule has 0 bridgehead atoms. The van der Waals surface area contributed by atoms with Gasteiger partial charge >= 0.3 is 12.1 Å². The molecule has 0 saturated heterocycles. The van der Waals surface area contributed by atoms with Gasteiger partial charge in [0.15, 0.2) is 5.82 Å². The number of anilines is 1. The van der Waals surface area contributed by atoms with Crippen LogP contribution in [-0.4, -0.2) is 31.7 Å². The minimum Gasteiger partial charge on any atom is -0.475 e. The number of halogens is 3. The van der Waals surface area contributed by atoms with Gasteiger partial charge in [0.05, 0.1) is 16.8 Å². The monoisotopic (exact) mass is 522 g/mol. The number of carboxylic acids is 1. The molecule has 1 fully saturated rings. The average molecular weight is 523 g/mol. The van der Waals surface area contributed by atoms with Gasteiger partial charge < -0.3 is 15.0 Å². The van der Waals surface area contributed by atoms with Gasteiger partial charge in [-0.2, -0.15) is 13.2 Å². The van der Waals surface area contributed by atoms with Crippen molar-refractivity contribution in [2.45, 2.75) is 58.8 Å². The van der Waals surface area contributed by atoms with E-state index in [1.54, 1.807) is 0 Å². The van der Waals surface area contributed by atoms with Crippen LogP contribution >= 0.6 is 0 Å². The Kier molecular flexibility index (Phi) is 6.63. The van der Waals surface area contributed by atoms with Crippen molar-refractivity contribution in [3.05, 3.63) is 76.6 Å². The largest absolute Gasteiger partial charge is 0.475 e. The van der Waals surface area contributed by atoms with Crippen molar-refractivity contribution in [3.63, 3.8) is 0 Å². The van der Waals surface area contributed by atoms with E-state index in [0.717, 1.165) is 53.8 Å². The predicted octanol–water partition coefficient (Wildman–Crippen LogP) is 7.08. The van der Waals surface area contributed by atoms with Crippen molar-refractivity contribution in [2.75, 3.05) is 5.32 Å². The van der Waals surface area contributed by atoms with Gasteiger partial charge in [-0.05, 0) is 68.9 Å². The molecule has 1 aliphatic rings. The highest BCUT2D eigenvalue weighted by molar-refractivity contribution is 5.98. The Morgan fingerprint density at radius 1 is 1.13 bits per heavy atom. The molecule has 5 rings (SSSR count). The Hall–Kier alpha value is -3.88. The van der Waals surface area contributed by atoms with E-state index in [9.17, 15) is 23.1 Å². The first kappa shape index (κ1) is 25.8. The molecule has 6 nitrogen and oxygen atoms in total. The number of fused-ring (bicyclic) bond motifs is 1. The van der Waals surface area contributed by atoms with Gasteiger partial charge in [0.25, 0.3) is 0 Å². The lowest BCUT2D eigenvalue weighted by atomic mass is 9.80. The van der Waals surface area contributed by atoms with Crippen molar-refractivity contribution < 1.29 is 23.1 Å². The second kappa shape index (κ2) is 9.78. The number of carboxylic acid groups (broad SMARTS) is 1. The molecule has 0 spiro atoms. The fourth-order valence-corrected chi connectivity index (χ4v) is 5.17. The molecular weight excluding hydrogens is 493 g/mol. The molecule has 9 heteroatoms. The third-order valence-electron chi connectivity index (χ3n) is 7.46. The third-order valence-corrected chi connectivity index (χ3v) is 7.46. The smallest absolute Gasteiger partial charge is 0.416 e. The van der Waals surface area contributed by atoms with E-state index in [2.05, 4.69) is 22.2 Å². The highest BCUT2D eigenvalue weighted by Crippen LogP contribution is 2.38. The first-order valence-electron chi connectivity index (χ1n) is 12.7. The van der Waals surface area contributed by atoms with Crippen LogP contribution in [-0.2, 0) is 12.7 Å². The molecule has 38 heavy (non-hydrogen) atoms. The fourth-order valence-electron chi connectivity index (χ4n) is 5.17. The topological polar surface area (TPSA) is 80.0 Å². The molecule has 0 aliphatic heterocycles. The second-order valence-electron chi connectivity index (χ2n) is 10.1. The van der Waals surface area contributed by atoms with Crippen molar-refractivity contribution >= 4 is 22.8 Å². The Morgan fingerprint density at radius 3 is 2.42 bits per heavy atom. The molecule has 2 aromatic carbocycles. The molecule has 2 heterocycles. The summed E-state index contributed by atoms with van der Waals surface area (Å²) in [7, 11) is 0. The maximum atomic E-state index is 13.2. The Balaban J connectivity index is 1.73. The Bertz CT molecular complexity index is 1510. The van der Waals surface area contributed by atoms with Gasteiger partial charge in [0, 0.05) is 18.2 Å². The number of hydrogen-bond donors (Lipinski definition) is 2. The SMILES string of the molecule is Cc1cccc(-c2c(C)c3nc(C(=O)O)nc(N[C@H](C)C4CCC4)c3n2Cc2ccc(C(F)(F)F)cc2)c1. The lowest BCUT2D eigenvalue weighted by Crippen LogP contribution is -2.31. The Labute approximate surface area is 218 Å². The number of carbonyl (C=O) groups is 1. The van der Waals surface area contributed by atoms with E-state index in [-0.39, 0.29) is 18.4 Å². The normalized spacial score (nSPS) is 14.9. The van der Waals surface area contributed by atoms with E-state index in [0.29, 0.717) is 28.3 Å². The van der Waals surface area contributed by atoms with Crippen molar-refractivity contribution in [2.24, 2.45) is 5.92 Å². The summed E-state index contributed by atoms with van der Waals surface area (Å²) in [5, 5.41) is 13.2. The van der Waals surface area contributed by atoms with Crippen molar-refractivity contribution in [1.29, 1.82) is 0 Å². The molecule has 0 radical (unpaired) electrons. The maximum absolute atomic E-state index is 13.2. The van der Waals surface area contributed by atoms with Crippen LogP contribution < -0.4 is 5.32 Å². The zero-order valence-corrected chi connectivity index (χ0v) is 21.4. The zero-order valence-electron chi connectivity index (χ0n) is 21.4. The van der Waals surface area contributed by atoms with Crippen LogP contribution in [0.2, 0.25) is 0 Å². The summed E-state index contributed by atoms with van der Waals surface area (Å²) in [5.74, 6) is -0.644. The molecule has 0 unspecified atom stereocenters. The molecule has 2 N–H and O–H groups in total. The highest BCUT2D eigenvalue weighted by Gasteiger charge is 2.31. The average Bonchev–Trinajstić information content (AvgIpc) is 3.09. The molecule has 198 valence electrons. The van der Waals surface area contributed by atoms with Crippen LogP contribution in [0.1, 0.15) is 59.1 Å². The minimum atomic E-state index is -4.42. The van der Waals surface area contributed by atoms with E-state index in [1.165, 1.54) is 12.1 Å². The molecule has 1 saturated carbocycles. The standard InChI is InChI=1S/C29H29F3N4O2/c1-16-6-4-9-21(14-16)24-17(2)23-25(36(24)15-19-10-12-22(13-11-19)29(30,31)32)26(35-27(34-23)28(37)38)33-18(3)20-7-5-8-20/h4,6,9-14,18,20H,5,7-8,15H2,1-3H3,(H,37,38)(H,33,34,35)/t18-/m1/s1. The van der Waals surface area contributed by atoms with Gasteiger partial charge in [0.2, 0.25) is 5.82 Å². The first-order chi connectivity index (χ1) is 18.0. The molecular formula is C29H29F3N4O2. The number of alkyl halides is 3. The summed E-state index contributed by atoms with van der Waals surface area (Å²) >= 11 is 0. The summed E-state index contributed by atoms with van der Waals surface area (Å²) in [5.41, 5.74) is 4.65. The number of rotatable bonds is 7. The van der Waals surface area contributed by atoms with Crippen LogP contribution in [0.4, 0.5) is 19.0 Å². The summed E-state index contributed by atoms with van der Waals surface area (Å²) in [6, 6.07) is 13.1. The lowest BCUT2D eigenvalue weighted by molar-refractivity contribution is -0.137. The van der Waals surface area contributed by atoms with Gasteiger partial charge in [-0.3, -0.25) is 0 Å². The summed E-state index contributed by atoms with van der Waals surface area (Å²) < 4.78 is 41.5. The lowest BCUT2D eigenvalue weighted by Gasteiger charge is -2.32. The van der Waals surface area contributed by atoms with Crippen molar-refractivity contribution in [3.8, 4) is 11.3 Å². The van der Waals surface area contributed by atoms with Gasteiger partial charge in [-0.15, -0.1) is 0 Å². The van der Waals surface area contributed by atoms with Gasteiger partial charge in [-0.1, -0.05) is 42.3 Å². The molecule has 1 aliphatic carbocycles. The Morgan fingerprint density at radius 2 is 1.84 bits per heavy atom. The number of hydrogen-bond acceptors (Lipinski definition) is 4. The second-order valence-corrected chi connectivity index (χ2v) is 10.1. The molecule has 1 atom stereocenters. The number of nitrogens with one attached hydrogen (secondary N) is 1. The zero-order chi connectivity index (χ0) is 27.2. The first-order valence-corrected chi connectivity index (χ1v) is 12.7. The van der Waals surface area contributed by atoms with E-state index < -0.39 is 17.7 Å². The number of aromatic nitrogens is 3. The molecule has 0 amide bonds. The van der Waals surface area contributed by atoms with E-state index in [1.807, 2.05) is 42.7 Å². The van der Waals surface area contributed by atoms with Crippen LogP contribution in [0.3, 0.4) is 0 Å². The third kappa shape index (κ3) is 4.85. The van der Waals surface area contributed by atoms with Gasteiger partial charge in [-0.25, -0.2) is 14.8 Å².